The second kappa shape index (κ2) is 11.3. The number of ether oxygens (including phenoxy) is 1. The van der Waals surface area contributed by atoms with Gasteiger partial charge in [-0.25, -0.2) is 15.0 Å². The monoisotopic (exact) mass is 652 g/mol. The van der Waals surface area contributed by atoms with Gasteiger partial charge in [-0.2, -0.15) is 10.5 Å². The van der Waals surface area contributed by atoms with E-state index in [1.165, 1.54) is 19.0 Å². The maximum atomic E-state index is 14.0. The summed E-state index contributed by atoms with van der Waals surface area (Å²) in [5.41, 5.74) is 11.9. The number of benzene rings is 1. The average molecular weight is 653 g/mol. The van der Waals surface area contributed by atoms with Gasteiger partial charge in [0.25, 0.3) is 5.91 Å². The van der Waals surface area contributed by atoms with E-state index < -0.39 is 0 Å². The molecule has 6 heterocycles. The first-order valence-electron chi connectivity index (χ1n) is 17.1. The Hall–Kier alpha value is -5.46. The minimum atomic E-state index is -0.0258. The summed E-state index contributed by atoms with van der Waals surface area (Å²) in [5.74, 6) is 2.58. The maximum Gasteiger partial charge on any atom is 0.254 e. The molecule has 2 saturated heterocycles. The molecule has 2 bridgehead atoms. The zero-order valence-corrected chi connectivity index (χ0v) is 27.3. The van der Waals surface area contributed by atoms with E-state index >= 15 is 0 Å². The number of amides is 1. The highest BCUT2D eigenvalue weighted by atomic mass is 16.5. The third-order valence-corrected chi connectivity index (χ3v) is 11.1. The molecule has 4 fully saturated rings. The normalized spacial score (nSPS) is 21.7. The molecule has 12 heteroatoms. The molecule has 2 aliphatic carbocycles. The Bertz CT molecular complexity index is 2230. The molecule has 2 aliphatic heterocycles. The number of nitriles is 2. The molecule has 1 aromatic carbocycles. The molecular formula is C37H36N10O2. The first kappa shape index (κ1) is 29.7. The number of fused-ring (bicyclic) bond motifs is 4. The first-order valence-corrected chi connectivity index (χ1v) is 17.1. The quantitative estimate of drug-likeness (QED) is 0.258. The van der Waals surface area contributed by atoms with Gasteiger partial charge in [-0.15, -0.1) is 0 Å². The van der Waals surface area contributed by atoms with E-state index in [1.807, 2.05) is 29.3 Å². The van der Waals surface area contributed by atoms with Gasteiger partial charge in [0.2, 0.25) is 0 Å². The number of aromatic nitrogens is 5. The van der Waals surface area contributed by atoms with Crippen LogP contribution < -0.4 is 15.4 Å². The number of hydrogen-bond acceptors (Lipinski definition) is 9. The lowest BCUT2D eigenvalue weighted by Gasteiger charge is -2.41. The van der Waals surface area contributed by atoms with E-state index in [0.717, 1.165) is 47.5 Å². The Morgan fingerprint density at radius 2 is 1.84 bits per heavy atom. The van der Waals surface area contributed by atoms with E-state index in [0.29, 0.717) is 71.8 Å². The third-order valence-electron chi connectivity index (χ3n) is 11.1. The van der Waals surface area contributed by atoms with Crippen molar-refractivity contribution in [1.29, 1.82) is 10.5 Å². The Kier molecular flexibility index (Phi) is 6.85. The van der Waals surface area contributed by atoms with Crippen molar-refractivity contribution in [2.75, 3.05) is 31.6 Å². The predicted octanol–water partition coefficient (Wildman–Crippen LogP) is 4.31. The summed E-state index contributed by atoms with van der Waals surface area (Å²) in [4.78, 5) is 32.3. The first-order chi connectivity index (χ1) is 23.9. The van der Waals surface area contributed by atoms with E-state index in [-0.39, 0.29) is 23.9 Å². The van der Waals surface area contributed by atoms with Gasteiger partial charge in [-0.3, -0.25) is 4.79 Å². The molecule has 4 aliphatic rings. The van der Waals surface area contributed by atoms with Crippen molar-refractivity contribution < 1.29 is 9.53 Å². The van der Waals surface area contributed by atoms with Gasteiger partial charge in [0, 0.05) is 74.1 Å². The lowest BCUT2D eigenvalue weighted by Crippen LogP contribution is -2.49. The van der Waals surface area contributed by atoms with Gasteiger partial charge in [0.15, 0.2) is 11.5 Å². The van der Waals surface area contributed by atoms with Crippen molar-refractivity contribution in [3.05, 3.63) is 65.6 Å². The lowest BCUT2D eigenvalue weighted by molar-refractivity contribution is 0.0700. The molecule has 4 aromatic heterocycles. The van der Waals surface area contributed by atoms with Gasteiger partial charge in [0.1, 0.15) is 29.1 Å². The van der Waals surface area contributed by atoms with Crippen LogP contribution >= 0.6 is 0 Å². The van der Waals surface area contributed by atoms with Gasteiger partial charge >= 0.3 is 0 Å². The molecule has 2 N–H and O–H groups in total. The molecule has 0 spiro atoms. The summed E-state index contributed by atoms with van der Waals surface area (Å²) in [6, 6.07) is 16.2. The second-order valence-corrected chi connectivity index (χ2v) is 14.1. The number of methoxy groups -OCH3 is 1. The molecule has 1 amide bonds. The summed E-state index contributed by atoms with van der Waals surface area (Å²) < 4.78 is 10.6. The molecule has 2 unspecified atom stereocenters. The van der Waals surface area contributed by atoms with Gasteiger partial charge in [-0.05, 0) is 73.9 Å². The molecular weight excluding hydrogens is 616 g/mol. The zero-order valence-electron chi connectivity index (χ0n) is 27.3. The summed E-state index contributed by atoms with van der Waals surface area (Å²) in [6.07, 6.45) is 7.70. The summed E-state index contributed by atoms with van der Waals surface area (Å²) in [6.45, 7) is 3.58. The minimum Gasteiger partial charge on any atom is -0.494 e. The molecule has 9 rings (SSSR count). The number of likely N-dealkylation sites (tertiary alicyclic amines) is 1. The van der Waals surface area contributed by atoms with Gasteiger partial charge in [-0.1, -0.05) is 0 Å². The number of piperidine rings is 1. The molecule has 12 nitrogen and oxygen atoms in total. The van der Waals surface area contributed by atoms with Crippen LogP contribution in [0.4, 0.5) is 5.69 Å². The lowest BCUT2D eigenvalue weighted by atomic mass is 9.98. The predicted molar refractivity (Wildman–Crippen MR) is 183 cm³/mol. The maximum absolute atomic E-state index is 14.0. The molecule has 246 valence electrons. The van der Waals surface area contributed by atoms with Crippen LogP contribution in [0.15, 0.2) is 48.8 Å². The number of carbonyl (C=O) groups excluding carboxylic acids is 1. The number of pyridine rings is 2. The highest BCUT2D eigenvalue weighted by Gasteiger charge is 2.47. The third kappa shape index (κ3) is 4.81. The molecule has 0 radical (unpaired) electrons. The zero-order chi connectivity index (χ0) is 33.4. The number of nitrogens with zero attached hydrogens (tertiary/aromatic N) is 9. The van der Waals surface area contributed by atoms with Crippen LogP contribution in [-0.2, 0) is 13.1 Å². The van der Waals surface area contributed by atoms with Crippen molar-refractivity contribution >= 4 is 33.7 Å². The number of carbonyl (C=O) groups is 1. The minimum absolute atomic E-state index is 0.0258. The Labute approximate surface area is 283 Å². The van der Waals surface area contributed by atoms with E-state index in [9.17, 15) is 15.3 Å². The van der Waals surface area contributed by atoms with Gasteiger partial charge < -0.3 is 29.4 Å². The number of anilines is 1. The van der Waals surface area contributed by atoms with Crippen molar-refractivity contribution in [3.63, 3.8) is 0 Å². The fraction of sp³-hybridized carbons (Fsp3) is 0.405. The smallest absolute Gasteiger partial charge is 0.254 e. The summed E-state index contributed by atoms with van der Waals surface area (Å²) >= 11 is 0. The standard InChI is InChI=1S/C37H36N10O2/c1-49-32-12-26(37(48)46-20-25-6-7-29(46)33(25)40)10-27-34(32)47(19-23-16-44(17-23)30-9-22(13-38)15-42-28(30)14-39)36(43-27)31-11-24-3-2-8-41-35(24)45(31)18-21-4-5-21/h2-3,8-12,15,21,23,25,29,33H,4-7,16-20,40H2,1H3/t25?,29?,33-/m1/s1. The van der Waals surface area contributed by atoms with Crippen molar-refractivity contribution in [3.8, 4) is 29.4 Å². The van der Waals surface area contributed by atoms with Crippen LogP contribution in [0.2, 0.25) is 0 Å². The van der Waals surface area contributed by atoms with Crippen LogP contribution in [0.3, 0.4) is 0 Å². The van der Waals surface area contributed by atoms with Crippen LogP contribution in [-0.4, -0.2) is 73.7 Å². The number of imidazole rings is 1. The average Bonchev–Trinajstić information content (AvgIpc) is 3.47. The SMILES string of the molecule is COc1cc(C(=O)N2CC3CCC2[C@@H]3N)cc2nc(-c3cc4cccnc4n3CC3CC3)n(CC3CN(c4cc(C#N)cnc4C#N)C3)c12. The topological polar surface area (TPSA) is 155 Å². The largest absolute Gasteiger partial charge is 0.494 e. The van der Waals surface area contributed by atoms with Crippen molar-refractivity contribution in [1.82, 2.24) is 29.0 Å². The van der Waals surface area contributed by atoms with Crippen molar-refractivity contribution in [2.45, 2.75) is 50.9 Å². The van der Waals surface area contributed by atoms with Crippen LogP contribution in [0, 0.1) is 40.4 Å². The van der Waals surface area contributed by atoms with Crippen LogP contribution in [0.5, 0.6) is 5.75 Å². The Morgan fingerprint density at radius 1 is 1.00 bits per heavy atom. The number of hydrogen-bond donors (Lipinski definition) is 1. The highest BCUT2D eigenvalue weighted by Crippen LogP contribution is 2.41. The molecule has 5 aromatic rings. The Balaban J connectivity index is 1.13. The fourth-order valence-electron chi connectivity index (χ4n) is 8.33. The van der Waals surface area contributed by atoms with Crippen molar-refractivity contribution in [2.24, 2.45) is 23.5 Å². The highest BCUT2D eigenvalue weighted by molar-refractivity contribution is 6.00. The summed E-state index contributed by atoms with van der Waals surface area (Å²) in [5, 5.41) is 20.2. The molecule has 3 atom stereocenters. The van der Waals surface area contributed by atoms with Crippen LogP contribution in [0.1, 0.15) is 47.3 Å². The molecule has 49 heavy (non-hydrogen) atoms. The molecule has 2 saturated carbocycles. The van der Waals surface area contributed by atoms with Gasteiger partial charge in [0.05, 0.1) is 29.6 Å². The van der Waals surface area contributed by atoms with E-state index in [2.05, 4.69) is 43.3 Å². The number of rotatable bonds is 8. The number of nitrogens with two attached hydrogens (primary N) is 1. The van der Waals surface area contributed by atoms with E-state index in [4.69, 9.17) is 20.4 Å². The summed E-state index contributed by atoms with van der Waals surface area (Å²) in [7, 11) is 1.64. The van der Waals surface area contributed by atoms with Crippen LogP contribution in [0.25, 0.3) is 33.6 Å². The van der Waals surface area contributed by atoms with E-state index in [1.54, 1.807) is 13.2 Å². The fourth-order valence-corrected chi connectivity index (χ4v) is 8.33. The Morgan fingerprint density at radius 3 is 2.55 bits per heavy atom. The second-order valence-electron chi connectivity index (χ2n) is 14.1.